The van der Waals surface area contributed by atoms with Crippen molar-refractivity contribution in [1.29, 1.82) is 5.26 Å². The fraction of sp³-hybridized carbons (Fsp3) is 0.200. The number of aryl methyl sites for hydroxylation is 1. The van der Waals surface area contributed by atoms with E-state index in [-0.39, 0.29) is 29.0 Å². The molecular weight excluding hydrogens is 424 g/mol. The minimum Gasteiger partial charge on any atom is -0.350 e. The fourth-order valence-corrected chi connectivity index (χ4v) is 4.19. The van der Waals surface area contributed by atoms with Crippen molar-refractivity contribution in [2.75, 3.05) is 0 Å². The van der Waals surface area contributed by atoms with Crippen molar-refractivity contribution in [3.05, 3.63) is 101 Å². The standard InChI is InChI=1S/C25H24N2O4S/c1-19(11-12-20-7-3-2-4-8-20)27-25(28)22-15-13-21(14-16-22)18-31-32(29,30)24-10-6-5-9-23(24)17-26/h2-10,13-16,19H,11-12,18H2,1H3,(H,27,28). The molecule has 0 aliphatic heterocycles. The molecule has 0 saturated heterocycles. The summed E-state index contributed by atoms with van der Waals surface area (Å²) in [5.74, 6) is -0.186. The van der Waals surface area contributed by atoms with Gasteiger partial charge in [-0.3, -0.25) is 8.98 Å². The van der Waals surface area contributed by atoms with Gasteiger partial charge in [-0.05, 0) is 55.2 Å². The molecule has 0 aliphatic rings. The third kappa shape index (κ3) is 6.27. The van der Waals surface area contributed by atoms with Gasteiger partial charge >= 0.3 is 0 Å². The number of hydrogen-bond acceptors (Lipinski definition) is 5. The van der Waals surface area contributed by atoms with Crippen LogP contribution in [0.15, 0.2) is 83.8 Å². The van der Waals surface area contributed by atoms with Crippen molar-refractivity contribution >= 4 is 16.0 Å². The maximum atomic E-state index is 12.5. The maximum absolute atomic E-state index is 12.5. The van der Waals surface area contributed by atoms with E-state index in [9.17, 15) is 13.2 Å². The molecule has 0 bridgehead atoms. The average molecular weight is 449 g/mol. The fourth-order valence-electron chi connectivity index (χ4n) is 3.15. The topological polar surface area (TPSA) is 96.3 Å². The Bertz CT molecular complexity index is 1200. The molecule has 0 aromatic heterocycles. The molecule has 1 amide bonds. The molecule has 0 aliphatic carbocycles. The van der Waals surface area contributed by atoms with Crippen molar-refractivity contribution in [2.45, 2.75) is 37.3 Å². The molecule has 6 nitrogen and oxygen atoms in total. The van der Waals surface area contributed by atoms with E-state index in [1.165, 1.54) is 23.8 Å². The molecule has 0 spiro atoms. The second-order valence-corrected chi connectivity index (χ2v) is 9.00. The van der Waals surface area contributed by atoms with Gasteiger partial charge in [0, 0.05) is 11.6 Å². The summed E-state index contributed by atoms with van der Waals surface area (Å²) in [6.45, 7) is 1.77. The maximum Gasteiger partial charge on any atom is 0.298 e. The zero-order valence-electron chi connectivity index (χ0n) is 17.7. The number of rotatable bonds is 9. The first-order valence-electron chi connectivity index (χ1n) is 10.2. The van der Waals surface area contributed by atoms with Crippen molar-refractivity contribution in [1.82, 2.24) is 5.32 Å². The number of carbonyl (C=O) groups is 1. The summed E-state index contributed by atoms with van der Waals surface area (Å²) < 4.78 is 29.9. The van der Waals surface area contributed by atoms with Crippen molar-refractivity contribution in [3.63, 3.8) is 0 Å². The van der Waals surface area contributed by atoms with Crippen LogP contribution in [0.4, 0.5) is 0 Å². The van der Waals surface area contributed by atoms with Crippen LogP contribution in [0.1, 0.15) is 40.4 Å². The molecule has 0 saturated carbocycles. The summed E-state index contributed by atoms with van der Waals surface area (Å²) in [6.07, 6.45) is 1.70. The third-order valence-electron chi connectivity index (χ3n) is 4.96. The lowest BCUT2D eigenvalue weighted by atomic mass is 10.1. The molecule has 32 heavy (non-hydrogen) atoms. The van der Waals surface area contributed by atoms with Crippen LogP contribution in [-0.4, -0.2) is 20.4 Å². The van der Waals surface area contributed by atoms with E-state index in [1.807, 2.05) is 31.2 Å². The van der Waals surface area contributed by atoms with Gasteiger partial charge in [0.1, 0.15) is 11.0 Å². The number of amides is 1. The van der Waals surface area contributed by atoms with Gasteiger partial charge in [-0.1, -0.05) is 54.6 Å². The highest BCUT2D eigenvalue weighted by molar-refractivity contribution is 7.86. The van der Waals surface area contributed by atoms with Crippen LogP contribution in [0.3, 0.4) is 0 Å². The summed E-state index contributed by atoms with van der Waals surface area (Å²) in [6, 6.07) is 24.4. The van der Waals surface area contributed by atoms with Crippen LogP contribution >= 0.6 is 0 Å². The molecule has 0 fully saturated rings. The van der Waals surface area contributed by atoms with E-state index < -0.39 is 10.1 Å². The quantitative estimate of drug-likeness (QED) is 0.495. The van der Waals surface area contributed by atoms with E-state index in [1.54, 1.807) is 30.3 Å². The minimum atomic E-state index is -4.07. The van der Waals surface area contributed by atoms with Gasteiger partial charge in [0.15, 0.2) is 0 Å². The van der Waals surface area contributed by atoms with Gasteiger partial charge in [0.05, 0.1) is 12.2 Å². The second kappa shape index (κ2) is 10.7. The van der Waals surface area contributed by atoms with E-state index >= 15 is 0 Å². The second-order valence-electron chi connectivity index (χ2n) is 7.42. The van der Waals surface area contributed by atoms with Gasteiger partial charge in [0.25, 0.3) is 16.0 Å². The Hall–Kier alpha value is -3.47. The molecule has 1 atom stereocenters. The molecular formula is C25H24N2O4S. The first kappa shape index (κ1) is 23.2. The lowest BCUT2D eigenvalue weighted by molar-refractivity contribution is 0.0938. The van der Waals surface area contributed by atoms with Crippen molar-refractivity contribution in [3.8, 4) is 6.07 Å². The van der Waals surface area contributed by atoms with E-state index in [0.29, 0.717) is 11.1 Å². The molecule has 1 unspecified atom stereocenters. The Morgan fingerprint density at radius 1 is 0.969 bits per heavy atom. The Morgan fingerprint density at radius 2 is 1.62 bits per heavy atom. The van der Waals surface area contributed by atoms with Crippen LogP contribution in [-0.2, 0) is 27.3 Å². The van der Waals surface area contributed by atoms with E-state index in [4.69, 9.17) is 9.44 Å². The van der Waals surface area contributed by atoms with E-state index in [2.05, 4.69) is 17.4 Å². The van der Waals surface area contributed by atoms with Crippen LogP contribution in [0.5, 0.6) is 0 Å². The SMILES string of the molecule is CC(CCc1ccccc1)NC(=O)c1ccc(COS(=O)(=O)c2ccccc2C#N)cc1. The zero-order valence-corrected chi connectivity index (χ0v) is 18.5. The van der Waals surface area contributed by atoms with Crippen molar-refractivity contribution < 1.29 is 17.4 Å². The van der Waals surface area contributed by atoms with Gasteiger partial charge in [0.2, 0.25) is 0 Å². The largest absolute Gasteiger partial charge is 0.350 e. The lowest BCUT2D eigenvalue weighted by Gasteiger charge is -2.14. The normalized spacial score (nSPS) is 12.0. The lowest BCUT2D eigenvalue weighted by Crippen LogP contribution is -2.32. The monoisotopic (exact) mass is 448 g/mol. The predicted octanol–water partition coefficient (Wildman–Crippen LogP) is 4.21. The van der Waals surface area contributed by atoms with Gasteiger partial charge in [-0.2, -0.15) is 13.7 Å². The molecule has 1 N–H and O–H groups in total. The number of carbonyl (C=O) groups excluding carboxylic acids is 1. The van der Waals surface area contributed by atoms with Crippen LogP contribution in [0.2, 0.25) is 0 Å². The summed E-state index contributed by atoms with van der Waals surface area (Å²) in [4.78, 5) is 12.3. The highest BCUT2D eigenvalue weighted by Gasteiger charge is 2.19. The zero-order chi connectivity index (χ0) is 23.0. The first-order valence-corrected chi connectivity index (χ1v) is 11.6. The summed E-state index contributed by atoms with van der Waals surface area (Å²) in [5.41, 5.74) is 2.33. The number of nitrogens with one attached hydrogen (secondary N) is 1. The summed E-state index contributed by atoms with van der Waals surface area (Å²) in [5, 5.41) is 12.1. The number of hydrogen-bond donors (Lipinski definition) is 1. The number of nitrogens with zero attached hydrogens (tertiary/aromatic N) is 1. The van der Waals surface area contributed by atoms with Crippen LogP contribution in [0.25, 0.3) is 0 Å². The van der Waals surface area contributed by atoms with Gasteiger partial charge < -0.3 is 5.32 Å². The van der Waals surface area contributed by atoms with Gasteiger partial charge in [-0.15, -0.1) is 0 Å². The summed E-state index contributed by atoms with van der Waals surface area (Å²) in [7, 11) is -4.07. The van der Waals surface area contributed by atoms with Crippen LogP contribution in [0, 0.1) is 11.3 Å². The molecule has 3 aromatic rings. The Kier molecular flexibility index (Phi) is 7.77. The molecule has 0 radical (unpaired) electrons. The van der Waals surface area contributed by atoms with Crippen molar-refractivity contribution in [2.24, 2.45) is 0 Å². The third-order valence-corrected chi connectivity index (χ3v) is 6.28. The smallest absolute Gasteiger partial charge is 0.298 e. The highest BCUT2D eigenvalue weighted by Crippen LogP contribution is 2.19. The molecule has 3 aromatic carbocycles. The molecule has 7 heteroatoms. The Labute approximate surface area is 188 Å². The van der Waals surface area contributed by atoms with Crippen LogP contribution < -0.4 is 5.32 Å². The van der Waals surface area contributed by atoms with Gasteiger partial charge in [-0.25, -0.2) is 0 Å². The number of nitriles is 1. The molecule has 164 valence electrons. The average Bonchev–Trinajstić information content (AvgIpc) is 2.82. The number of benzene rings is 3. The Balaban J connectivity index is 1.54. The molecule has 3 rings (SSSR count). The van der Waals surface area contributed by atoms with E-state index in [0.717, 1.165) is 12.8 Å². The Morgan fingerprint density at radius 3 is 2.31 bits per heavy atom. The summed E-state index contributed by atoms with van der Waals surface area (Å²) >= 11 is 0. The minimum absolute atomic E-state index is 0.0102. The predicted molar refractivity (Wildman–Crippen MR) is 121 cm³/mol. The highest BCUT2D eigenvalue weighted by atomic mass is 32.2. The first-order chi connectivity index (χ1) is 15.4. The molecule has 0 heterocycles.